The Morgan fingerprint density at radius 1 is 0.838 bits per heavy atom. The van der Waals surface area contributed by atoms with Gasteiger partial charge in [-0.1, -0.05) is 60.7 Å². The lowest BCUT2D eigenvalue weighted by Gasteiger charge is -2.26. The SMILES string of the molecule is COc1cc2c(cc1NC(=O)C(Cc1ccccc1)N1C(=O)c3ccccc3C1=O)oc1ccccc12. The number of carbonyl (C=O) groups excluding carboxylic acids is 3. The molecule has 1 unspecified atom stereocenters. The van der Waals surface area contributed by atoms with E-state index in [-0.39, 0.29) is 6.42 Å². The normalized spacial score (nSPS) is 13.7. The van der Waals surface area contributed by atoms with Crippen LogP contribution in [0.2, 0.25) is 0 Å². The highest BCUT2D eigenvalue weighted by atomic mass is 16.5. The Balaban J connectivity index is 1.39. The first-order valence-corrected chi connectivity index (χ1v) is 11.9. The number of anilines is 1. The number of imide groups is 1. The van der Waals surface area contributed by atoms with Gasteiger partial charge >= 0.3 is 0 Å². The maximum absolute atomic E-state index is 13.8. The van der Waals surface area contributed by atoms with E-state index in [4.69, 9.17) is 9.15 Å². The summed E-state index contributed by atoms with van der Waals surface area (Å²) < 4.78 is 11.6. The van der Waals surface area contributed by atoms with Crippen LogP contribution in [0, 0.1) is 0 Å². The molecule has 7 nitrogen and oxygen atoms in total. The number of furan rings is 1. The molecule has 1 aliphatic heterocycles. The van der Waals surface area contributed by atoms with Gasteiger partial charge in [0.25, 0.3) is 11.8 Å². The van der Waals surface area contributed by atoms with Gasteiger partial charge in [-0.05, 0) is 29.8 Å². The van der Waals surface area contributed by atoms with Crippen LogP contribution in [-0.4, -0.2) is 35.8 Å². The number of hydrogen-bond donors (Lipinski definition) is 1. The molecule has 6 rings (SSSR count). The van der Waals surface area contributed by atoms with Crippen molar-refractivity contribution in [3.63, 3.8) is 0 Å². The largest absolute Gasteiger partial charge is 0.495 e. The molecule has 0 bridgehead atoms. The van der Waals surface area contributed by atoms with Crippen molar-refractivity contribution in [1.29, 1.82) is 0 Å². The molecular formula is C30H22N2O5. The van der Waals surface area contributed by atoms with Crippen LogP contribution >= 0.6 is 0 Å². The first-order valence-electron chi connectivity index (χ1n) is 11.9. The van der Waals surface area contributed by atoms with E-state index in [0.717, 1.165) is 26.8 Å². The minimum Gasteiger partial charge on any atom is -0.495 e. The zero-order valence-corrected chi connectivity index (χ0v) is 19.9. The monoisotopic (exact) mass is 490 g/mol. The van der Waals surface area contributed by atoms with Crippen LogP contribution in [0.25, 0.3) is 21.9 Å². The lowest BCUT2D eigenvalue weighted by molar-refractivity contribution is -0.119. The number of rotatable bonds is 6. The molecule has 0 saturated heterocycles. The Kier molecular flexibility index (Phi) is 5.45. The molecule has 3 amide bonds. The van der Waals surface area contributed by atoms with Crippen molar-refractivity contribution in [2.24, 2.45) is 0 Å². The Bertz CT molecular complexity index is 1650. The minimum absolute atomic E-state index is 0.160. The molecule has 1 aliphatic rings. The minimum atomic E-state index is -1.08. The average molecular weight is 491 g/mol. The summed E-state index contributed by atoms with van der Waals surface area (Å²) in [6, 6.07) is 26.0. The van der Waals surface area contributed by atoms with E-state index in [9.17, 15) is 14.4 Å². The van der Waals surface area contributed by atoms with Crippen LogP contribution in [0.4, 0.5) is 5.69 Å². The first kappa shape index (κ1) is 22.5. The van der Waals surface area contributed by atoms with Gasteiger partial charge in [0.05, 0.1) is 23.9 Å². The number of ether oxygens (including phenoxy) is 1. The molecular weight excluding hydrogens is 468 g/mol. The molecule has 7 heteroatoms. The second-order valence-corrected chi connectivity index (χ2v) is 8.87. The summed E-state index contributed by atoms with van der Waals surface area (Å²) in [5.41, 5.74) is 3.08. The predicted molar refractivity (Wildman–Crippen MR) is 140 cm³/mol. The van der Waals surface area contributed by atoms with Crippen LogP contribution in [0.1, 0.15) is 26.3 Å². The molecule has 1 aromatic heterocycles. The number of hydrogen-bond acceptors (Lipinski definition) is 5. The molecule has 1 atom stereocenters. The highest BCUT2D eigenvalue weighted by molar-refractivity contribution is 6.23. The summed E-state index contributed by atoms with van der Waals surface area (Å²) in [5, 5.41) is 4.68. The zero-order chi connectivity index (χ0) is 25.5. The predicted octanol–water partition coefficient (Wildman–Crippen LogP) is 5.44. The van der Waals surface area contributed by atoms with E-state index in [2.05, 4.69) is 5.32 Å². The van der Waals surface area contributed by atoms with Gasteiger partial charge in [0.15, 0.2) is 0 Å². The number of amides is 3. The van der Waals surface area contributed by atoms with Crippen LogP contribution in [0.5, 0.6) is 5.75 Å². The van der Waals surface area contributed by atoms with E-state index in [1.165, 1.54) is 7.11 Å². The lowest BCUT2D eigenvalue weighted by atomic mass is 10.0. The fourth-order valence-electron chi connectivity index (χ4n) is 4.86. The van der Waals surface area contributed by atoms with E-state index >= 15 is 0 Å². The van der Waals surface area contributed by atoms with E-state index in [1.54, 1.807) is 30.3 Å². The van der Waals surface area contributed by atoms with Crippen LogP contribution in [0.3, 0.4) is 0 Å². The van der Waals surface area contributed by atoms with Gasteiger partial charge in [0.2, 0.25) is 5.91 Å². The molecule has 4 aromatic carbocycles. The second-order valence-electron chi connectivity index (χ2n) is 8.87. The van der Waals surface area contributed by atoms with Gasteiger partial charge in [-0.3, -0.25) is 19.3 Å². The maximum atomic E-state index is 13.8. The molecule has 0 spiro atoms. The zero-order valence-electron chi connectivity index (χ0n) is 19.9. The van der Waals surface area contributed by atoms with Gasteiger partial charge in [-0.15, -0.1) is 0 Å². The van der Waals surface area contributed by atoms with Crippen molar-refractivity contribution >= 4 is 45.3 Å². The maximum Gasteiger partial charge on any atom is 0.262 e. The summed E-state index contributed by atoms with van der Waals surface area (Å²) in [7, 11) is 1.52. The molecule has 37 heavy (non-hydrogen) atoms. The van der Waals surface area contributed by atoms with Crippen molar-refractivity contribution in [1.82, 2.24) is 4.90 Å². The Hall–Kier alpha value is -4.91. The summed E-state index contributed by atoms with van der Waals surface area (Å²) in [5.74, 6) is -1.05. The molecule has 1 N–H and O–H groups in total. The van der Waals surface area contributed by atoms with E-state index in [1.807, 2.05) is 60.7 Å². The smallest absolute Gasteiger partial charge is 0.262 e. The number of nitrogens with one attached hydrogen (secondary N) is 1. The van der Waals surface area contributed by atoms with Crippen molar-refractivity contribution in [3.8, 4) is 5.75 Å². The van der Waals surface area contributed by atoms with Gasteiger partial charge in [-0.25, -0.2) is 0 Å². The van der Waals surface area contributed by atoms with Gasteiger partial charge in [0.1, 0.15) is 23.0 Å². The highest BCUT2D eigenvalue weighted by Gasteiger charge is 2.42. The number of fused-ring (bicyclic) bond motifs is 4. The third-order valence-corrected chi connectivity index (χ3v) is 6.67. The molecule has 0 fully saturated rings. The Labute approximate surface area is 212 Å². The summed E-state index contributed by atoms with van der Waals surface area (Å²) in [6.45, 7) is 0. The van der Waals surface area contributed by atoms with Crippen molar-refractivity contribution in [2.75, 3.05) is 12.4 Å². The third-order valence-electron chi connectivity index (χ3n) is 6.67. The first-order chi connectivity index (χ1) is 18.0. The Morgan fingerprint density at radius 3 is 2.19 bits per heavy atom. The number of methoxy groups -OCH3 is 1. The summed E-state index contributed by atoms with van der Waals surface area (Å²) in [6.07, 6.45) is 0.160. The topological polar surface area (TPSA) is 88.9 Å². The van der Waals surface area contributed by atoms with Crippen molar-refractivity contribution in [2.45, 2.75) is 12.5 Å². The van der Waals surface area contributed by atoms with Crippen LogP contribution in [-0.2, 0) is 11.2 Å². The Morgan fingerprint density at radius 2 is 1.49 bits per heavy atom. The van der Waals surface area contributed by atoms with E-state index < -0.39 is 23.8 Å². The van der Waals surface area contributed by atoms with Crippen LogP contribution < -0.4 is 10.1 Å². The van der Waals surface area contributed by atoms with Gasteiger partial charge in [0, 0.05) is 23.3 Å². The number of carbonyl (C=O) groups is 3. The fourth-order valence-corrected chi connectivity index (χ4v) is 4.86. The van der Waals surface area contributed by atoms with Crippen molar-refractivity contribution in [3.05, 3.63) is 108 Å². The van der Waals surface area contributed by atoms with Gasteiger partial charge < -0.3 is 14.5 Å². The quantitative estimate of drug-likeness (QED) is 0.320. The van der Waals surface area contributed by atoms with Gasteiger partial charge in [-0.2, -0.15) is 0 Å². The summed E-state index contributed by atoms with van der Waals surface area (Å²) in [4.78, 5) is 41.4. The number of benzene rings is 4. The standard InChI is InChI=1S/C30H22N2O5/c1-36-27-16-22-19-11-7-8-14-25(19)37-26(22)17-23(27)31-28(33)24(15-18-9-3-2-4-10-18)32-29(34)20-12-5-6-13-21(20)30(32)35/h2-14,16-17,24H,15H2,1H3,(H,31,33). The third kappa shape index (κ3) is 3.81. The molecule has 0 saturated carbocycles. The van der Waals surface area contributed by atoms with Crippen LogP contribution in [0.15, 0.2) is 95.4 Å². The molecule has 182 valence electrons. The molecule has 5 aromatic rings. The highest BCUT2D eigenvalue weighted by Crippen LogP contribution is 2.37. The second kappa shape index (κ2) is 8.95. The summed E-state index contributed by atoms with van der Waals surface area (Å²) >= 11 is 0. The average Bonchev–Trinajstić information content (AvgIpc) is 3.41. The molecule has 2 heterocycles. The van der Waals surface area contributed by atoms with Crippen molar-refractivity contribution < 1.29 is 23.5 Å². The number of para-hydroxylation sites is 1. The molecule has 0 aliphatic carbocycles. The molecule has 0 radical (unpaired) electrons. The lowest BCUT2D eigenvalue weighted by Crippen LogP contribution is -2.48. The fraction of sp³-hybridized carbons (Fsp3) is 0.100. The van der Waals surface area contributed by atoms with E-state index in [0.29, 0.717) is 28.1 Å². The number of nitrogens with zero attached hydrogens (tertiary/aromatic N) is 1.